The van der Waals surface area contributed by atoms with E-state index in [-0.39, 0.29) is 41.9 Å². The molecule has 5 heteroatoms. The molecule has 1 N–H and O–H groups in total. The number of benzene rings is 1. The number of carboxylic acid groups (broad SMARTS) is 1. The molecular weight excluding hydrogens is 373 g/mol. The van der Waals surface area contributed by atoms with Gasteiger partial charge in [-0.2, -0.15) is 0 Å². The van der Waals surface area contributed by atoms with E-state index in [0.29, 0.717) is 6.42 Å². The van der Waals surface area contributed by atoms with Gasteiger partial charge in [-0.25, -0.2) is 0 Å². The Bertz CT molecular complexity index is 536. The molecular formula is C24H38NNaO3. The van der Waals surface area contributed by atoms with Gasteiger partial charge in [-0.05, 0) is 18.4 Å². The van der Waals surface area contributed by atoms with E-state index >= 15 is 0 Å². The number of hydrogen-bond acceptors (Lipinski definition) is 3. The fourth-order valence-corrected chi connectivity index (χ4v) is 3.44. The number of rotatable bonds is 17. The summed E-state index contributed by atoms with van der Waals surface area (Å²) < 4.78 is 0. The van der Waals surface area contributed by atoms with E-state index in [4.69, 9.17) is 0 Å². The SMILES string of the molecule is CCCCCCCCCCCCCCC(=O)N[C@@H](Cc1ccccc1)C(=O)[O-].[Na+]. The van der Waals surface area contributed by atoms with Gasteiger partial charge in [-0.3, -0.25) is 4.79 Å². The Labute approximate surface area is 199 Å². The topological polar surface area (TPSA) is 69.2 Å². The van der Waals surface area contributed by atoms with Crippen LogP contribution in [0.1, 0.15) is 96.0 Å². The second kappa shape index (κ2) is 19.1. The summed E-state index contributed by atoms with van der Waals surface area (Å²) in [5.41, 5.74) is 0.877. The smallest absolute Gasteiger partial charge is 0.548 e. The monoisotopic (exact) mass is 411 g/mol. The average Bonchev–Trinajstić information content (AvgIpc) is 2.69. The molecule has 0 radical (unpaired) electrons. The Hall–Kier alpha value is -0.840. The van der Waals surface area contributed by atoms with Crippen molar-refractivity contribution in [3.05, 3.63) is 35.9 Å². The molecule has 0 bridgehead atoms. The van der Waals surface area contributed by atoms with Crippen molar-refractivity contribution in [2.45, 2.75) is 103 Å². The normalized spacial score (nSPS) is 11.5. The third-order valence-electron chi connectivity index (χ3n) is 5.16. The average molecular weight is 412 g/mol. The van der Waals surface area contributed by atoms with Crippen LogP contribution in [0.3, 0.4) is 0 Å². The number of amides is 1. The first-order valence-corrected chi connectivity index (χ1v) is 11.2. The summed E-state index contributed by atoms with van der Waals surface area (Å²) in [6, 6.07) is 8.34. The van der Waals surface area contributed by atoms with Gasteiger partial charge in [-0.15, -0.1) is 0 Å². The van der Waals surface area contributed by atoms with E-state index < -0.39 is 12.0 Å². The minimum absolute atomic E-state index is 0. The van der Waals surface area contributed by atoms with E-state index in [0.717, 1.165) is 24.8 Å². The largest absolute Gasteiger partial charge is 1.00 e. The van der Waals surface area contributed by atoms with Crippen LogP contribution in [0.2, 0.25) is 0 Å². The molecule has 0 saturated carbocycles. The Morgan fingerprint density at radius 1 is 0.828 bits per heavy atom. The zero-order chi connectivity index (χ0) is 20.5. The van der Waals surface area contributed by atoms with Gasteiger partial charge in [0.25, 0.3) is 0 Å². The molecule has 0 saturated heterocycles. The summed E-state index contributed by atoms with van der Waals surface area (Å²) in [6.45, 7) is 2.25. The van der Waals surface area contributed by atoms with Crippen LogP contribution in [-0.2, 0) is 16.0 Å². The first kappa shape index (κ1) is 28.2. The fourth-order valence-electron chi connectivity index (χ4n) is 3.44. The number of unbranched alkanes of at least 4 members (excludes halogenated alkanes) is 11. The van der Waals surface area contributed by atoms with Gasteiger partial charge in [0.15, 0.2) is 0 Å². The first-order valence-electron chi connectivity index (χ1n) is 11.2. The van der Waals surface area contributed by atoms with Crippen LogP contribution in [0.15, 0.2) is 30.3 Å². The van der Waals surface area contributed by atoms with E-state index in [2.05, 4.69) is 12.2 Å². The molecule has 1 amide bonds. The van der Waals surface area contributed by atoms with Crippen LogP contribution in [0.25, 0.3) is 0 Å². The summed E-state index contributed by atoms with van der Waals surface area (Å²) in [5.74, 6) is -1.43. The molecule has 1 atom stereocenters. The maximum Gasteiger partial charge on any atom is 1.00 e. The summed E-state index contributed by atoms with van der Waals surface area (Å²) in [4.78, 5) is 23.3. The van der Waals surface area contributed by atoms with Crippen molar-refractivity contribution in [2.24, 2.45) is 0 Å². The minimum Gasteiger partial charge on any atom is -0.548 e. The third kappa shape index (κ3) is 15.6. The molecule has 0 spiro atoms. The molecule has 1 rings (SSSR count). The number of carboxylic acids is 1. The molecule has 29 heavy (non-hydrogen) atoms. The van der Waals surface area contributed by atoms with E-state index in [1.165, 1.54) is 57.8 Å². The van der Waals surface area contributed by atoms with Gasteiger partial charge < -0.3 is 15.2 Å². The van der Waals surface area contributed by atoms with Gasteiger partial charge in [0.2, 0.25) is 5.91 Å². The Kier molecular flexibility index (Phi) is 18.6. The third-order valence-corrected chi connectivity index (χ3v) is 5.16. The predicted molar refractivity (Wildman–Crippen MR) is 113 cm³/mol. The number of carbonyl (C=O) groups is 2. The summed E-state index contributed by atoms with van der Waals surface area (Å²) in [7, 11) is 0. The standard InChI is InChI=1S/C24H39NO3.Na/c1-2-3-4-5-6-7-8-9-10-11-12-16-19-23(26)25-22(24(27)28)20-21-17-14-13-15-18-21;/h13-15,17-18,22H,2-12,16,19-20H2,1H3,(H,25,26)(H,27,28);/q;+1/p-1/t22-;/m0./s1. The van der Waals surface area contributed by atoms with Crippen LogP contribution >= 0.6 is 0 Å². The minimum atomic E-state index is -1.23. The summed E-state index contributed by atoms with van der Waals surface area (Å²) in [5, 5.41) is 13.9. The molecule has 0 fully saturated rings. The molecule has 4 nitrogen and oxygen atoms in total. The van der Waals surface area contributed by atoms with Gasteiger partial charge in [-0.1, -0.05) is 108 Å². The second-order valence-corrected chi connectivity index (χ2v) is 7.77. The number of carbonyl (C=O) groups excluding carboxylic acids is 2. The van der Waals surface area contributed by atoms with Gasteiger partial charge in [0, 0.05) is 6.42 Å². The number of hydrogen-bond donors (Lipinski definition) is 1. The predicted octanol–water partition coefficient (Wildman–Crippen LogP) is 1.56. The van der Waals surface area contributed by atoms with Gasteiger partial charge in [0.1, 0.15) is 0 Å². The molecule has 0 aliphatic carbocycles. The van der Waals surface area contributed by atoms with Crippen molar-refractivity contribution in [3.8, 4) is 0 Å². The molecule has 0 aliphatic heterocycles. The Balaban J connectivity index is 0.00000784. The maximum atomic E-state index is 12.0. The molecule has 0 heterocycles. The van der Waals surface area contributed by atoms with Crippen LogP contribution in [0, 0.1) is 0 Å². The van der Waals surface area contributed by atoms with Crippen LogP contribution in [0.5, 0.6) is 0 Å². The second-order valence-electron chi connectivity index (χ2n) is 7.77. The number of aliphatic carboxylic acids is 1. The maximum absolute atomic E-state index is 12.0. The van der Waals surface area contributed by atoms with Crippen molar-refractivity contribution in [2.75, 3.05) is 0 Å². The number of nitrogens with one attached hydrogen (secondary N) is 1. The molecule has 0 unspecified atom stereocenters. The zero-order valence-electron chi connectivity index (χ0n) is 18.6. The van der Waals surface area contributed by atoms with Crippen molar-refractivity contribution < 1.29 is 44.3 Å². The summed E-state index contributed by atoms with van der Waals surface area (Å²) in [6.07, 6.45) is 15.6. The van der Waals surface area contributed by atoms with Crippen LogP contribution < -0.4 is 40.0 Å². The van der Waals surface area contributed by atoms with Crippen LogP contribution in [-0.4, -0.2) is 17.9 Å². The van der Waals surface area contributed by atoms with Crippen molar-refractivity contribution in [3.63, 3.8) is 0 Å². The summed E-state index contributed by atoms with van der Waals surface area (Å²) >= 11 is 0. The van der Waals surface area contributed by atoms with Crippen molar-refractivity contribution in [1.82, 2.24) is 5.32 Å². The molecule has 1 aromatic rings. The molecule has 0 aliphatic rings. The molecule has 1 aromatic carbocycles. The van der Waals surface area contributed by atoms with Gasteiger partial charge in [0.05, 0.1) is 12.0 Å². The van der Waals surface area contributed by atoms with Crippen molar-refractivity contribution in [1.29, 1.82) is 0 Å². The van der Waals surface area contributed by atoms with Crippen molar-refractivity contribution >= 4 is 11.9 Å². The fraction of sp³-hybridized carbons (Fsp3) is 0.667. The van der Waals surface area contributed by atoms with Gasteiger partial charge >= 0.3 is 29.6 Å². The first-order chi connectivity index (χ1) is 13.6. The van der Waals surface area contributed by atoms with E-state index in [1.807, 2.05) is 30.3 Å². The van der Waals surface area contributed by atoms with E-state index in [9.17, 15) is 14.7 Å². The quantitative estimate of drug-likeness (QED) is 0.312. The zero-order valence-corrected chi connectivity index (χ0v) is 20.6. The molecule has 0 aromatic heterocycles. The van der Waals surface area contributed by atoms with Crippen LogP contribution in [0.4, 0.5) is 0 Å². The molecule has 158 valence electrons. The Morgan fingerprint density at radius 2 is 1.31 bits per heavy atom. The van der Waals surface area contributed by atoms with E-state index in [1.54, 1.807) is 0 Å². The Morgan fingerprint density at radius 3 is 1.79 bits per heavy atom.